The van der Waals surface area contributed by atoms with Crippen molar-refractivity contribution in [3.05, 3.63) is 51.3 Å². The molecule has 0 unspecified atom stereocenters. The summed E-state index contributed by atoms with van der Waals surface area (Å²) in [4.78, 5) is 12.2. The number of hydrogen-bond donors (Lipinski definition) is 1. The van der Waals surface area contributed by atoms with Crippen LogP contribution in [0.4, 0.5) is 0 Å². The van der Waals surface area contributed by atoms with Gasteiger partial charge in [0.2, 0.25) is 0 Å². The van der Waals surface area contributed by atoms with Crippen molar-refractivity contribution in [2.75, 3.05) is 7.05 Å². The van der Waals surface area contributed by atoms with Gasteiger partial charge < -0.3 is 5.32 Å². The third-order valence-corrected chi connectivity index (χ3v) is 3.52. The molecule has 0 saturated carbocycles. The van der Waals surface area contributed by atoms with E-state index < -0.39 is 0 Å². The van der Waals surface area contributed by atoms with E-state index in [1.807, 2.05) is 20.0 Å². The summed E-state index contributed by atoms with van der Waals surface area (Å²) >= 11 is 0. The molecule has 0 radical (unpaired) electrons. The van der Waals surface area contributed by atoms with Gasteiger partial charge in [-0.2, -0.15) is 5.10 Å². The second-order valence-corrected chi connectivity index (χ2v) is 5.01. The van der Waals surface area contributed by atoms with Gasteiger partial charge in [0.05, 0.1) is 5.69 Å². The molecule has 20 heavy (non-hydrogen) atoms. The van der Waals surface area contributed by atoms with Gasteiger partial charge in [-0.25, -0.2) is 4.68 Å². The molecule has 1 heterocycles. The first-order valence-corrected chi connectivity index (χ1v) is 6.90. The van der Waals surface area contributed by atoms with E-state index >= 15 is 0 Å². The van der Waals surface area contributed by atoms with Gasteiger partial charge >= 0.3 is 0 Å². The Balaban J connectivity index is 2.58. The molecule has 4 heteroatoms. The molecule has 2 rings (SSSR count). The van der Waals surface area contributed by atoms with E-state index in [4.69, 9.17) is 0 Å². The van der Waals surface area contributed by atoms with E-state index in [9.17, 15) is 4.79 Å². The smallest absolute Gasteiger partial charge is 0.271 e. The maximum absolute atomic E-state index is 12.2. The van der Waals surface area contributed by atoms with Crippen molar-refractivity contribution in [1.29, 1.82) is 0 Å². The number of benzene rings is 1. The molecule has 1 aromatic carbocycles. The van der Waals surface area contributed by atoms with E-state index in [1.165, 1.54) is 15.8 Å². The Kier molecular flexibility index (Phi) is 4.35. The highest BCUT2D eigenvalue weighted by Crippen LogP contribution is 2.20. The summed E-state index contributed by atoms with van der Waals surface area (Å²) in [6.07, 6.45) is 0. The molecule has 0 aliphatic carbocycles. The van der Waals surface area contributed by atoms with Gasteiger partial charge in [-0.15, -0.1) is 0 Å². The second-order valence-electron chi connectivity index (χ2n) is 5.01. The Labute approximate surface area is 119 Å². The summed E-state index contributed by atoms with van der Waals surface area (Å²) in [5, 5.41) is 7.49. The van der Waals surface area contributed by atoms with Crippen molar-refractivity contribution in [3.8, 4) is 11.3 Å². The number of nitrogens with one attached hydrogen (secondary N) is 1. The van der Waals surface area contributed by atoms with Crippen LogP contribution in [-0.4, -0.2) is 16.8 Å². The Morgan fingerprint density at radius 1 is 1.20 bits per heavy atom. The standard InChI is InChI=1S/C16H21N3O/c1-5-19-16(20)14(10-17-4)9-15(18-19)13-7-6-11(2)12(3)8-13/h6-9,17H,5,10H2,1-4H3. The summed E-state index contributed by atoms with van der Waals surface area (Å²) in [6.45, 7) is 7.24. The quantitative estimate of drug-likeness (QED) is 0.928. The SMILES string of the molecule is CCn1nc(-c2ccc(C)c(C)c2)cc(CNC)c1=O. The van der Waals surface area contributed by atoms with Gasteiger partial charge in [0, 0.05) is 24.2 Å². The fourth-order valence-electron chi connectivity index (χ4n) is 2.17. The minimum Gasteiger partial charge on any atom is -0.315 e. The molecule has 106 valence electrons. The van der Waals surface area contributed by atoms with Crippen LogP contribution in [0.1, 0.15) is 23.6 Å². The molecule has 0 amide bonds. The predicted octanol–water partition coefficient (Wildman–Crippen LogP) is 2.27. The molecular weight excluding hydrogens is 250 g/mol. The zero-order valence-corrected chi connectivity index (χ0v) is 12.5. The van der Waals surface area contributed by atoms with E-state index in [-0.39, 0.29) is 5.56 Å². The molecule has 0 bridgehead atoms. The van der Waals surface area contributed by atoms with Gasteiger partial charge in [-0.05, 0) is 51.1 Å². The van der Waals surface area contributed by atoms with Gasteiger partial charge in [-0.3, -0.25) is 4.79 Å². The Bertz CT molecular complexity index is 674. The Morgan fingerprint density at radius 3 is 2.55 bits per heavy atom. The molecule has 0 fully saturated rings. The second kappa shape index (κ2) is 6.01. The van der Waals surface area contributed by atoms with Gasteiger partial charge in [-0.1, -0.05) is 12.1 Å². The molecule has 1 aromatic heterocycles. The Hall–Kier alpha value is -1.94. The third kappa shape index (κ3) is 2.80. The number of aromatic nitrogens is 2. The maximum Gasteiger partial charge on any atom is 0.271 e. The Morgan fingerprint density at radius 2 is 1.95 bits per heavy atom. The summed E-state index contributed by atoms with van der Waals surface area (Å²) in [7, 11) is 1.84. The molecule has 0 aliphatic rings. The lowest BCUT2D eigenvalue weighted by Crippen LogP contribution is -2.28. The highest BCUT2D eigenvalue weighted by atomic mass is 16.1. The minimum absolute atomic E-state index is 0.0190. The monoisotopic (exact) mass is 271 g/mol. The van der Waals surface area contributed by atoms with Gasteiger partial charge in [0.1, 0.15) is 0 Å². The first-order chi connectivity index (χ1) is 9.56. The van der Waals surface area contributed by atoms with E-state index in [0.29, 0.717) is 13.1 Å². The fraction of sp³-hybridized carbons (Fsp3) is 0.375. The molecule has 0 spiro atoms. The molecule has 4 nitrogen and oxygen atoms in total. The molecular formula is C16H21N3O. The highest BCUT2D eigenvalue weighted by molar-refractivity contribution is 5.61. The lowest BCUT2D eigenvalue weighted by atomic mass is 10.0. The summed E-state index contributed by atoms with van der Waals surface area (Å²) in [6, 6.07) is 8.14. The molecule has 2 aromatic rings. The average Bonchev–Trinajstić information content (AvgIpc) is 2.44. The van der Waals surface area contributed by atoms with Crippen LogP contribution in [0.15, 0.2) is 29.1 Å². The summed E-state index contributed by atoms with van der Waals surface area (Å²) < 4.78 is 1.52. The highest BCUT2D eigenvalue weighted by Gasteiger charge is 2.09. The van der Waals surface area contributed by atoms with Crippen LogP contribution in [-0.2, 0) is 13.1 Å². The zero-order valence-electron chi connectivity index (χ0n) is 12.5. The number of nitrogens with zero attached hydrogens (tertiary/aromatic N) is 2. The van der Waals surface area contributed by atoms with E-state index in [1.54, 1.807) is 0 Å². The van der Waals surface area contributed by atoms with Gasteiger partial charge in [0.15, 0.2) is 0 Å². The average molecular weight is 271 g/mol. The van der Waals surface area contributed by atoms with Crippen LogP contribution in [0.3, 0.4) is 0 Å². The van der Waals surface area contributed by atoms with Crippen LogP contribution in [0, 0.1) is 13.8 Å². The van der Waals surface area contributed by atoms with Crippen molar-refractivity contribution >= 4 is 0 Å². The molecule has 1 N–H and O–H groups in total. The van der Waals surface area contributed by atoms with Crippen molar-refractivity contribution < 1.29 is 0 Å². The lowest BCUT2D eigenvalue weighted by Gasteiger charge is -2.10. The molecule has 0 aliphatic heterocycles. The largest absolute Gasteiger partial charge is 0.315 e. The van der Waals surface area contributed by atoms with Crippen LogP contribution >= 0.6 is 0 Å². The normalized spacial score (nSPS) is 10.8. The first-order valence-electron chi connectivity index (χ1n) is 6.90. The van der Waals surface area contributed by atoms with Crippen LogP contribution in [0.5, 0.6) is 0 Å². The van der Waals surface area contributed by atoms with Crippen molar-refractivity contribution in [2.24, 2.45) is 0 Å². The number of aryl methyl sites for hydroxylation is 3. The fourth-order valence-corrected chi connectivity index (χ4v) is 2.17. The van der Waals surface area contributed by atoms with E-state index in [2.05, 4.69) is 42.5 Å². The summed E-state index contributed by atoms with van der Waals surface area (Å²) in [5.74, 6) is 0. The van der Waals surface area contributed by atoms with Gasteiger partial charge in [0.25, 0.3) is 5.56 Å². The van der Waals surface area contributed by atoms with Crippen LogP contribution in [0.25, 0.3) is 11.3 Å². The lowest BCUT2D eigenvalue weighted by molar-refractivity contribution is 0.605. The third-order valence-electron chi connectivity index (χ3n) is 3.52. The zero-order chi connectivity index (χ0) is 14.7. The van der Waals surface area contributed by atoms with Crippen molar-refractivity contribution in [3.63, 3.8) is 0 Å². The maximum atomic E-state index is 12.2. The van der Waals surface area contributed by atoms with E-state index in [0.717, 1.165) is 16.8 Å². The number of hydrogen-bond acceptors (Lipinski definition) is 3. The molecule has 0 saturated heterocycles. The predicted molar refractivity (Wildman–Crippen MR) is 81.8 cm³/mol. The van der Waals surface area contributed by atoms with Crippen molar-refractivity contribution in [1.82, 2.24) is 15.1 Å². The molecule has 0 atom stereocenters. The minimum atomic E-state index is -0.0190. The van der Waals surface area contributed by atoms with Crippen LogP contribution in [0.2, 0.25) is 0 Å². The first kappa shape index (κ1) is 14.5. The summed E-state index contributed by atoms with van der Waals surface area (Å²) in [5.41, 5.74) is 5.11. The van der Waals surface area contributed by atoms with Crippen LogP contribution < -0.4 is 10.9 Å². The van der Waals surface area contributed by atoms with Crippen molar-refractivity contribution in [2.45, 2.75) is 33.9 Å². The topological polar surface area (TPSA) is 46.9 Å². The number of rotatable bonds is 4.